The molecule has 2 aromatic heterocycles. The average molecular weight is 501 g/mol. The van der Waals surface area contributed by atoms with Crippen molar-refractivity contribution in [3.05, 3.63) is 40.1 Å². The summed E-state index contributed by atoms with van der Waals surface area (Å²) in [4.78, 5) is 26.2. The van der Waals surface area contributed by atoms with Crippen LogP contribution < -0.4 is 10.2 Å². The van der Waals surface area contributed by atoms with Crippen LogP contribution >= 0.6 is 23.2 Å². The normalized spacial score (nSPS) is 15.8. The van der Waals surface area contributed by atoms with E-state index in [4.69, 9.17) is 38.3 Å². The first kappa shape index (κ1) is 24.1. The molecule has 0 saturated carbocycles. The van der Waals surface area contributed by atoms with Crippen LogP contribution in [0.2, 0.25) is 10.0 Å². The van der Waals surface area contributed by atoms with Gasteiger partial charge >= 0.3 is 6.09 Å². The lowest BCUT2D eigenvalue weighted by Crippen LogP contribution is -2.53. The standard InChI is InChI=1S/C24H26Cl2N6O2/c1-23(2,7-10-27)19-17-15(14-5-4-6-16(25)18(14)26)13-28-20(17)30-21(29-19)32-11-8-24(3,9-12-32)31-22(33)34/h4-6,13,31H,7-9,11-12H2,1-3H3,(H,33,34)(H,28,29,30). The largest absolute Gasteiger partial charge is 0.465 e. The first-order chi connectivity index (χ1) is 16.0. The van der Waals surface area contributed by atoms with Crippen molar-refractivity contribution in [1.29, 1.82) is 5.26 Å². The number of aromatic nitrogens is 3. The van der Waals surface area contributed by atoms with Crippen molar-refractivity contribution in [2.75, 3.05) is 18.0 Å². The molecule has 0 unspecified atom stereocenters. The van der Waals surface area contributed by atoms with Gasteiger partial charge in [-0.15, -0.1) is 0 Å². The van der Waals surface area contributed by atoms with Crippen LogP contribution in [0.15, 0.2) is 24.4 Å². The predicted molar refractivity (Wildman–Crippen MR) is 134 cm³/mol. The first-order valence-electron chi connectivity index (χ1n) is 11.0. The second-order valence-corrected chi connectivity index (χ2v) is 10.4. The van der Waals surface area contributed by atoms with E-state index in [9.17, 15) is 10.1 Å². The third kappa shape index (κ3) is 4.50. The summed E-state index contributed by atoms with van der Waals surface area (Å²) in [6.07, 6.45) is 2.36. The Morgan fingerprint density at radius 2 is 2.00 bits per heavy atom. The minimum Gasteiger partial charge on any atom is -0.465 e. The summed E-state index contributed by atoms with van der Waals surface area (Å²) >= 11 is 12.8. The Bertz CT molecular complexity index is 1290. The Morgan fingerprint density at radius 3 is 2.65 bits per heavy atom. The molecule has 0 radical (unpaired) electrons. The molecule has 34 heavy (non-hydrogen) atoms. The number of anilines is 1. The Labute approximate surface area is 207 Å². The Morgan fingerprint density at radius 1 is 1.29 bits per heavy atom. The minimum absolute atomic E-state index is 0.271. The molecule has 3 heterocycles. The highest BCUT2D eigenvalue weighted by Gasteiger charge is 2.34. The predicted octanol–water partition coefficient (Wildman–Crippen LogP) is 5.75. The SMILES string of the molecule is CC1(NC(=O)O)CCN(c2nc(C(C)(C)CC#N)c3c(-c4cccc(Cl)c4Cl)c[nH]c3n2)CC1. The zero-order valence-electron chi connectivity index (χ0n) is 19.2. The van der Waals surface area contributed by atoms with Gasteiger partial charge in [0.25, 0.3) is 0 Å². The zero-order valence-corrected chi connectivity index (χ0v) is 20.8. The maximum Gasteiger partial charge on any atom is 0.405 e. The third-order valence-electron chi connectivity index (χ3n) is 6.48. The number of rotatable bonds is 5. The molecule has 0 bridgehead atoms. The quantitative estimate of drug-likeness (QED) is 0.410. The minimum atomic E-state index is -1.02. The van der Waals surface area contributed by atoms with E-state index < -0.39 is 17.0 Å². The molecule has 1 fully saturated rings. The molecule has 0 aliphatic carbocycles. The summed E-state index contributed by atoms with van der Waals surface area (Å²) in [6.45, 7) is 7.10. The Kier molecular flexibility index (Phi) is 6.36. The van der Waals surface area contributed by atoms with Crippen LogP contribution in [0.5, 0.6) is 0 Å². The number of nitriles is 1. The fourth-order valence-corrected chi connectivity index (χ4v) is 4.84. The number of hydrogen-bond donors (Lipinski definition) is 3. The van der Waals surface area contributed by atoms with Gasteiger partial charge in [-0.05, 0) is 25.8 Å². The van der Waals surface area contributed by atoms with E-state index in [1.807, 2.05) is 39.1 Å². The van der Waals surface area contributed by atoms with Gasteiger partial charge in [0.05, 0.1) is 21.8 Å². The van der Waals surface area contributed by atoms with Crippen LogP contribution in [0.3, 0.4) is 0 Å². The van der Waals surface area contributed by atoms with Crippen molar-refractivity contribution in [3.63, 3.8) is 0 Å². The molecule has 1 saturated heterocycles. The van der Waals surface area contributed by atoms with E-state index in [1.165, 1.54) is 0 Å². The molecular formula is C24H26Cl2N6O2. The maximum absolute atomic E-state index is 11.2. The van der Waals surface area contributed by atoms with Crippen LogP contribution in [-0.4, -0.2) is 44.8 Å². The number of hydrogen-bond acceptors (Lipinski definition) is 5. The van der Waals surface area contributed by atoms with E-state index in [0.717, 1.165) is 22.2 Å². The summed E-state index contributed by atoms with van der Waals surface area (Å²) in [5.41, 5.74) is 1.94. The highest BCUT2D eigenvalue weighted by atomic mass is 35.5. The zero-order chi connectivity index (χ0) is 24.7. The van der Waals surface area contributed by atoms with Gasteiger partial charge < -0.3 is 20.3 Å². The van der Waals surface area contributed by atoms with Gasteiger partial charge in [-0.1, -0.05) is 49.2 Å². The number of piperidine rings is 1. The van der Waals surface area contributed by atoms with E-state index in [-0.39, 0.29) is 6.42 Å². The number of nitrogens with one attached hydrogen (secondary N) is 2. The van der Waals surface area contributed by atoms with Crippen molar-refractivity contribution in [2.45, 2.75) is 51.0 Å². The van der Waals surface area contributed by atoms with E-state index >= 15 is 0 Å². The molecule has 1 aromatic carbocycles. The van der Waals surface area contributed by atoms with Crippen molar-refractivity contribution in [1.82, 2.24) is 20.3 Å². The van der Waals surface area contributed by atoms with Gasteiger partial charge in [0, 0.05) is 53.2 Å². The number of nitrogens with zero attached hydrogens (tertiary/aromatic N) is 4. The summed E-state index contributed by atoms with van der Waals surface area (Å²) < 4.78 is 0. The number of halogens is 2. The molecule has 178 valence electrons. The molecule has 3 aromatic rings. The van der Waals surface area contributed by atoms with Crippen LogP contribution in [-0.2, 0) is 5.41 Å². The molecular weight excluding hydrogens is 475 g/mol. The molecule has 10 heteroatoms. The molecule has 1 aliphatic heterocycles. The number of carbonyl (C=O) groups is 1. The van der Waals surface area contributed by atoms with Crippen LogP contribution in [0.25, 0.3) is 22.2 Å². The van der Waals surface area contributed by atoms with Crippen molar-refractivity contribution >= 4 is 46.3 Å². The van der Waals surface area contributed by atoms with E-state index in [2.05, 4.69) is 21.3 Å². The van der Waals surface area contributed by atoms with Gasteiger partial charge in [0.2, 0.25) is 5.95 Å². The summed E-state index contributed by atoms with van der Waals surface area (Å²) in [7, 11) is 0. The van der Waals surface area contributed by atoms with E-state index in [0.29, 0.717) is 47.6 Å². The van der Waals surface area contributed by atoms with Gasteiger partial charge in [-0.2, -0.15) is 10.2 Å². The number of fused-ring (bicyclic) bond motifs is 1. The molecule has 1 aliphatic rings. The number of benzene rings is 1. The van der Waals surface area contributed by atoms with Crippen LogP contribution in [0.1, 0.15) is 45.7 Å². The number of amides is 1. The average Bonchev–Trinajstić information content (AvgIpc) is 3.18. The lowest BCUT2D eigenvalue weighted by Gasteiger charge is -2.39. The molecule has 3 N–H and O–H groups in total. The first-order valence-corrected chi connectivity index (χ1v) is 11.8. The lowest BCUT2D eigenvalue weighted by atomic mass is 9.83. The smallest absolute Gasteiger partial charge is 0.405 e. The van der Waals surface area contributed by atoms with Crippen molar-refractivity contribution in [3.8, 4) is 17.2 Å². The molecule has 1 amide bonds. The third-order valence-corrected chi connectivity index (χ3v) is 7.30. The van der Waals surface area contributed by atoms with Gasteiger partial charge in [-0.25, -0.2) is 9.78 Å². The molecule has 8 nitrogen and oxygen atoms in total. The summed E-state index contributed by atoms with van der Waals surface area (Å²) in [5, 5.41) is 23.0. The fraction of sp³-hybridized carbons (Fsp3) is 0.417. The molecule has 0 atom stereocenters. The maximum atomic E-state index is 11.2. The molecule has 4 rings (SSSR count). The second kappa shape index (κ2) is 8.97. The second-order valence-electron chi connectivity index (χ2n) is 9.60. The van der Waals surface area contributed by atoms with Gasteiger partial charge in [-0.3, -0.25) is 0 Å². The summed E-state index contributed by atoms with van der Waals surface area (Å²) in [6, 6.07) is 7.75. The number of carboxylic acid groups (broad SMARTS) is 1. The van der Waals surface area contributed by atoms with Gasteiger partial charge in [0.15, 0.2) is 0 Å². The van der Waals surface area contributed by atoms with E-state index in [1.54, 1.807) is 6.07 Å². The topological polar surface area (TPSA) is 118 Å². The lowest BCUT2D eigenvalue weighted by molar-refractivity contribution is 0.173. The highest BCUT2D eigenvalue weighted by molar-refractivity contribution is 6.44. The summed E-state index contributed by atoms with van der Waals surface area (Å²) in [5.74, 6) is 0.552. The number of H-pyrrole nitrogens is 1. The van der Waals surface area contributed by atoms with Crippen LogP contribution in [0.4, 0.5) is 10.7 Å². The van der Waals surface area contributed by atoms with Gasteiger partial charge in [0.1, 0.15) is 5.65 Å². The molecule has 0 spiro atoms. The highest BCUT2D eigenvalue weighted by Crippen LogP contribution is 2.41. The number of aromatic amines is 1. The van der Waals surface area contributed by atoms with Crippen LogP contribution in [0, 0.1) is 11.3 Å². The monoisotopic (exact) mass is 500 g/mol. The van der Waals surface area contributed by atoms with Crippen molar-refractivity contribution < 1.29 is 9.90 Å². The van der Waals surface area contributed by atoms with Crippen molar-refractivity contribution in [2.24, 2.45) is 0 Å². The fourth-order valence-electron chi connectivity index (χ4n) is 4.44. The Hall–Kier alpha value is -3.02. The Balaban J connectivity index is 1.81.